The van der Waals surface area contributed by atoms with E-state index in [2.05, 4.69) is 10.6 Å². The van der Waals surface area contributed by atoms with E-state index in [1.54, 1.807) is 32.2 Å². The minimum absolute atomic E-state index is 0.0115. The number of benzene rings is 1. The lowest BCUT2D eigenvalue weighted by atomic mass is 10.0. The summed E-state index contributed by atoms with van der Waals surface area (Å²) in [6, 6.07) is 7.27. The van der Waals surface area contributed by atoms with Crippen molar-refractivity contribution in [1.82, 2.24) is 14.9 Å². The lowest BCUT2D eigenvalue weighted by molar-refractivity contribution is -0.646. The van der Waals surface area contributed by atoms with Crippen molar-refractivity contribution in [2.75, 3.05) is 20.2 Å². The van der Waals surface area contributed by atoms with Crippen molar-refractivity contribution in [2.24, 2.45) is 5.92 Å². The number of ketones is 1. The second kappa shape index (κ2) is 12.3. The summed E-state index contributed by atoms with van der Waals surface area (Å²) < 4.78 is 38.3. The maximum Gasteiger partial charge on any atom is 0.323 e. The highest BCUT2D eigenvalue weighted by atomic mass is 32.2. The van der Waals surface area contributed by atoms with E-state index >= 15 is 0 Å². The molecule has 2 aromatic heterocycles. The van der Waals surface area contributed by atoms with Crippen molar-refractivity contribution in [1.29, 1.82) is 0 Å². The van der Waals surface area contributed by atoms with Gasteiger partial charge in [0.15, 0.2) is 17.7 Å². The smallest absolute Gasteiger partial charge is 0.323 e. The highest BCUT2D eigenvalue weighted by Crippen LogP contribution is 2.29. The number of aromatic nitrogens is 1. The molecule has 3 aromatic rings. The Bertz CT molecular complexity index is 1570. The van der Waals surface area contributed by atoms with E-state index in [1.807, 2.05) is 13.8 Å². The highest BCUT2D eigenvalue weighted by molar-refractivity contribution is 7.89. The van der Waals surface area contributed by atoms with Crippen LogP contribution in [0, 0.1) is 18.0 Å². The van der Waals surface area contributed by atoms with Crippen LogP contribution in [0.4, 0.5) is 0 Å². The Hall–Kier alpha value is -3.97. The van der Waals surface area contributed by atoms with Gasteiger partial charge < -0.3 is 25.0 Å². The average Bonchev–Trinajstić information content (AvgIpc) is 3.14. The number of rotatable bonds is 9. The van der Waals surface area contributed by atoms with Gasteiger partial charge in [-0.15, -0.1) is 0 Å². The second-order valence-electron chi connectivity index (χ2n) is 10.4. The summed E-state index contributed by atoms with van der Waals surface area (Å²) in [7, 11) is -2.68. The van der Waals surface area contributed by atoms with Crippen LogP contribution in [0.15, 0.2) is 52.0 Å². The zero-order valence-electron chi connectivity index (χ0n) is 23.4. The number of aryl methyl sites for hydroxylation is 1. The van der Waals surface area contributed by atoms with Crippen LogP contribution in [0.1, 0.15) is 49.2 Å². The molecule has 1 saturated heterocycles. The van der Waals surface area contributed by atoms with Gasteiger partial charge in [-0.25, -0.2) is 8.42 Å². The Kier molecular flexibility index (Phi) is 8.98. The fourth-order valence-corrected chi connectivity index (χ4v) is 6.31. The van der Waals surface area contributed by atoms with Gasteiger partial charge in [-0.2, -0.15) is 9.04 Å². The summed E-state index contributed by atoms with van der Waals surface area (Å²) in [5, 5.41) is 17.7. The van der Waals surface area contributed by atoms with Crippen molar-refractivity contribution >= 4 is 38.6 Å². The van der Waals surface area contributed by atoms with E-state index in [4.69, 9.17) is 9.15 Å². The lowest BCUT2D eigenvalue weighted by Gasteiger charge is -2.23. The summed E-state index contributed by atoms with van der Waals surface area (Å²) in [5.74, 6) is -0.931. The molecule has 3 heterocycles. The van der Waals surface area contributed by atoms with Crippen LogP contribution in [0.5, 0.6) is 5.75 Å². The monoisotopic (exact) mass is 586 g/mol. The Morgan fingerprint density at radius 3 is 2.68 bits per heavy atom. The first-order valence-electron chi connectivity index (χ1n) is 13.3. The molecule has 2 amide bonds. The number of nitrogens with one attached hydrogen (secondary N) is 2. The molecule has 1 aliphatic heterocycles. The van der Waals surface area contributed by atoms with Crippen LogP contribution in [0.2, 0.25) is 0 Å². The number of amides is 2. The molecule has 0 aliphatic carbocycles. The summed E-state index contributed by atoms with van der Waals surface area (Å²) >= 11 is 0. The molecule has 220 valence electrons. The van der Waals surface area contributed by atoms with Gasteiger partial charge in [0.05, 0.1) is 19.7 Å². The lowest BCUT2D eigenvalue weighted by Crippen LogP contribution is -2.53. The summed E-state index contributed by atoms with van der Waals surface area (Å²) in [6.07, 6.45) is 1.85. The minimum atomic E-state index is -4.22. The van der Waals surface area contributed by atoms with Crippen LogP contribution in [-0.2, 0) is 19.6 Å². The van der Waals surface area contributed by atoms with Crippen molar-refractivity contribution < 1.29 is 36.7 Å². The quantitative estimate of drug-likeness (QED) is 0.284. The standard InChI is InChI=1S/C28H34N4O8S/c1-17(2)14-22(30-28(35)26-18(3)20-15-19(39-4)10-11-24(20)40-26)27(34)29-21-8-7-12-31(16-23(21)33)41(37,38)25-9-5-6-13-32(25)36/h5-6,9-11,13,15,17,21-22H,7-8,12,14,16H2,1-4H3,(H,29,34)(H,30,35)/t21-,22?/m0/s1. The maximum atomic E-state index is 13.4. The highest BCUT2D eigenvalue weighted by Gasteiger charge is 2.37. The van der Waals surface area contributed by atoms with E-state index in [-0.39, 0.29) is 35.8 Å². The molecule has 1 unspecified atom stereocenters. The first-order valence-corrected chi connectivity index (χ1v) is 14.8. The zero-order chi connectivity index (χ0) is 29.9. The number of fused-ring (bicyclic) bond motifs is 1. The van der Waals surface area contributed by atoms with Gasteiger partial charge in [0, 0.05) is 29.6 Å². The number of ether oxygens (including phenoxy) is 1. The van der Waals surface area contributed by atoms with Crippen LogP contribution < -0.4 is 20.1 Å². The topological polar surface area (TPSA) is 162 Å². The van der Waals surface area contributed by atoms with Gasteiger partial charge in [-0.05, 0) is 56.4 Å². The molecule has 2 N–H and O–H groups in total. The molecular weight excluding hydrogens is 552 g/mol. The van der Waals surface area contributed by atoms with E-state index in [0.29, 0.717) is 28.7 Å². The van der Waals surface area contributed by atoms with Crippen molar-refractivity contribution in [2.45, 2.75) is 57.1 Å². The van der Waals surface area contributed by atoms with Gasteiger partial charge >= 0.3 is 15.0 Å². The number of sulfonamides is 1. The zero-order valence-corrected chi connectivity index (χ0v) is 24.2. The molecule has 1 fully saturated rings. The molecule has 12 nitrogen and oxygen atoms in total. The number of pyridine rings is 1. The first kappa shape index (κ1) is 30.0. The molecule has 0 radical (unpaired) electrons. The molecular formula is C28H34N4O8S. The summed E-state index contributed by atoms with van der Waals surface area (Å²) in [5.41, 5.74) is 1.10. The van der Waals surface area contributed by atoms with Gasteiger partial charge in [-0.1, -0.05) is 13.8 Å². The molecule has 0 spiro atoms. The number of methoxy groups -OCH3 is 1. The van der Waals surface area contributed by atoms with Crippen LogP contribution >= 0.6 is 0 Å². The van der Waals surface area contributed by atoms with E-state index < -0.39 is 51.3 Å². The molecule has 41 heavy (non-hydrogen) atoms. The Morgan fingerprint density at radius 2 is 2.00 bits per heavy atom. The SMILES string of the molecule is COc1ccc2oc(C(=O)NC(CC(C)C)C(=O)N[C@H]3CCCN(S(=O)(=O)c4cccc[n+]4[O-])CC3=O)c(C)c2c1. The first-order chi connectivity index (χ1) is 19.4. The largest absolute Gasteiger partial charge is 0.618 e. The van der Waals surface area contributed by atoms with Crippen molar-refractivity contribution in [3.8, 4) is 5.75 Å². The van der Waals surface area contributed by atoms with E-state index in [1.165, 1.54) is 18.2 Å². The number of Topliss-reactive ketones (excluding diaryl/α,β-unsaturated/α-hetero) is 1. The number of furan rings is 1. The fourth-order valence-electron chi connectivity index (χ4n) is 4.84. The number of carbonyl (C=O) groups excluding carboxylic acids is 3. The van der Waals surface area contributed by atoms with Crippen LogP contribution in [0.3, 0.4) is 0 Å². The fraction of sp³-hybridized carbons (Fsp3) is 0.429. The Balaban J connectivity index is 1.48. The second-order valence-corrected chi connectivity index (χ2v) is 12.3. The molecule has 13 heteroatoms. The van der Waals surface area contributed by atoms with Gasteiger partial charge in [-0.3, -0.25) is 14.4 Å². The number of carbonyl (C=O) groups is 3. The predicted molar refractivity (Wildman–Crippen MR) is 149 cm³/mol. The molecule has 2 atom stereocenters. The predicted octanol–water partition coefficient (Wildman–Crippen LogP) is 2.07. The number of hydrogen-bond donors (Lipinski definition) is 2. The van der Waals surface area contributed by atoms with E-state index in [9.17, 15) is 28.0 Å². The molecule has 1 aliphatic rings. The van der Waals surface area contributed by atoms with Gasteiger partial charge in [0.25, 0.3) is 5.91 Å². The average molecular weight is 587 g/mol. The Morgan fingerprint density at radius 1 is 1.24 bits per heavy atom. The van der Waals surface area contributed by atoms with Crippen molar-refractivity contribution in [3.05, 3.63) is 59.1 Å². The molecule has 0 bridgehead atoms. The third kappa shape index (κ3) is 6.51. The van der Waals surface area contributed by atoms with Crippen LogP contribution in [0.25, 0.3) is 11.0 Å². The van der Waals surface area contributed by atoms with E-state index in [0.717, 1.165) is 10.5 Å². The molecule has 1 aromatic carbocycles. The molecule has 0 saturated carbocycles. The Labute approximate surface area is 238 Å². The maximum absolute atomic E-state index is 13.4. The third-order valence-electron chi connectivity index (χ3n) is 7.01. The molecule has 4 rings (SSSR count). The summed E-state index contributed by atoms with van der Waals surface area (Å²) in [6.45, 7) is 5.06. The number of nitrogens with zero attached hydrogens (tertiary/aromatic N) is 2. The number of hydrogen-bond acceptors (Lipinski definition) is 8. The summed E-state index contributed by atoms with van der Waals surface area (Å²) in [4.78, 5) is 39.7. The minimum Gasteiger partial charge on any atom is -0.618 e. The third-order valence-corrected chi connectivity index (χ3v) is 8.85. The van der Waals surface area contributed by atoms with Gasteiger partial charge in [0.2, 0.25) is 5.91 Å². The van der Waals surface area contributed by atoms with Crippen molar-refractivity contribution in [3.63, 3.8) is 0 Å². The normalized spacial score (nSPS) is 17.3. The van der Waals surface area contributed by atoms with Crippen LogP contribution in [-0.4, -0.2) is 62.6 Å². The van der Waals surface area contributed by atoms with Gasteiger partial charge in [0.1, 0.15) is 17.4 Å².